The third-order valence-electron chi connectivity index (χ3n) is 4.26. The highest BCUT2D eigenvalue weighted by Gasteiger charge is 2.28. The molecular weight excluding hydrogens is 371 g/mol. The molecule has 27 heavy (non-hydrogen) atoms. The van der Waals surface area contributed by atoms with E-state index in [9.17, 15) is 12.8 Å². The van der Waals surface area contributed by atoms with Crippen LogP contribution in [0.5, 0.6) is 5.75 Å². The Morgan fingerprint density at radius 3 is 2.70 bits per heavy atom. The van der Waals surface area contributed by atoms with Gasteiger partial charge < -0.3 is 9.26 Å². The van der Waals surface area contributed by atoms with Crippen LogP contribution in [0.3, 0.4) is 0 Å². The van der Waals surface area contributed by atoms with Crippen LogP contribution in [0.1, 0.15) is 29.2 Å². The fourth-order valence-electron chi connectivity index (χ4n) is 2.52. The molecule has 142 valence electrons. The lowest BCUT2D eigenvalue weighted by Gasteiger charge is -2.09. The Morgan fingerprint density at radius 1 is 1.22 bits per heavy atom. The largest absolute Gasteiger partial charge is 0.497 e. The minimum Gasteiger partial charge on any atom is -0.497 e. The van der Waals surface area contributed by atoms with E-state index in [1.165, 1.54) is 20.1 Å². The number of sulfone groups is 1. The molecule has 6 nitrogen and oxygen atoms in total. The van der Waals surface area contributed by atoms with Crippen LogP contribution in [0, 0.1) is 12.7 Å². The smallest absolute Gasteiger partial charge is 0.245 e. The van der Waals surface area contributed by atoms with Crippen molar-refractivity contribution in [2.24, 2.45) is 0 Å². The van der Waals surface area contributed by atoms with Gasteiger partial charge in [-0.05, 0) is 43.2 Å². The van der Waals surface area contributed by atoms with Gasteiger partial charge in [-0.1, -0.05) is 29.4 Å². The molecule has 0 N–H and O–H groups in total. The monoisotopic (exact) mass is 390 g/mol. The molecule has 1 unspecified atom stereocenters. The molecule has 0 spiro atoms. The van der Waals surface area contributed by atoms with Crippen LogP contribution in [-0.4, -0.2) is 25.7 Å². The summed E-state index contributed by atoms with van der Waals surface area (Å²) >= 11 is 0. The van der Waals surface area contributed by atoms with Crippen molar-refractivity contribution < 1.29 is 22.1 Å². The van der Waals surface area contributed by atoms with Crippen molar-refractivity contribution in [3.05, 3.63) is 65.3 Å². The maximum absolute atomic E-state index is 13.7. The maximum atomic E-state index is 13.7. The Balaban J connectivity index is 1.83. The highest BCUT2D eigenvalue weighted by Crippen LogP contribution is 2.27. The average molecular weight is 390 g/mol. The molecule has 3 aromatic rings. The molecule has 1 heterocycles. The maximum Gasteiger partial charge on any atom is 0.245 e. The van der Waals surface area contributed by atoms with E-state index in [1.54, 1.807) is 43.3 Å². The van der Waals surface area contributed by atoms with E-state index in [1.807, 2.05) is 0 Å². The third kappa shape index (κ3) is 4.16. The first-order valence-corrected chi connectivity index (χ1v) is 9.96. The summed E-state index contributed by atoms with van der Waals surface area (Å²) in [5, 5.41) is 2.79. The molecule has 0 bridgehead atoms. The topological polar surface area (TPSA) is 82.3 Å². The molecule has 0 radical (unpaired) electrons. The van der Waals surface area contributed by atoms with Gasteiger partial charge in [-0.3, -0.25) is 0 Å². The van der Waals surface area contributed by atoms with Crippen LogP contribution in [0.25, 0.3) is 11.4 Å². The van der Waals surface area contributed by atoms with Gasteiger partial charge in [-0.15, -0.1) is 0 Å². The van der Waals surface area contributed by atoms with Gasteiger partial charge in [0.1, 0.15) is 16.8 Å². The Bertz CT molecular complexity index is 1060. The summed E-state index contributed by atoms with van der Waals surface area (Å²) < 4.78 is 49.4. The number of nitrogens with zero attached hydrogens (tertiary/aromatic N) is 2. The van der Waals surface area contributed by atoms with E-state index < -0.39 is 20.9 Å². The van der Waals surface area contributed by atoms with Crippen molar-refractivity contribution >= 4 is 9.84 Å². The second-order valence-electron chi connectivity index (χ2n) is 6.22. The molecule has 0 aliphatic heterocycles. The fourth-order valence-corrected chi connectivity index (χ4v) is 3.82. The second-order valence-corrected chi connectivity index (χ2v) is 8.54. The molecule has 2 aromatic carbocycles. The molecule has 0 fully saturated rings. The van der Waals surface area contributed by atoms with Crippen molar-refractivity contribution in [1.82, 2.24) is 10.1 Å². The zero-order valence-electron chi connectivity index (χ0n) is 15.1. The predicted octanol–water partition coefficient (Wildman–Crippen LogP) is 3.87. The van der Waals surface area contributed by atoms with Crippen LogP contribution < -0.4 is 4.74 Å². The number of ether oxygens (including phenoxy) is 1. The number of aromatic nitrogens is 2. The lowest BCUT2D eigenvalue weighted by Crippen LogP contribution is -2.13. The van der Waals surface area contributed by atoms with Gasteiger partial charge in [-0.25, -0.2) is 12.8 Å². The van der Waals surface area contributed by atoms with E-state index in [0.29, 0.717) is 22.4 Å². The number of hydrogen-bond acceptors (Lipinski definition) is 6. The summed E-state index contributed by atoms with van der Waals surface area (Å²) in [4.78, 5) is 4.14. The molecule has 1 atom stereocenters. The zero-order chi connectivity index (χ0) is 19.6. The number of methoxy groups -OCH3 is 1. The minimum absolute atomic E-state index is 0.0334. The number of benzene rings is 2. The van der Waals surface area contributed by atoms with Crippen molar-refractivity contribution in [3.63, 3.8) is 0 Å². The van der Waals surface area contributed by atoms with E-state index >= 15 is 0 Å². The highest BCUT2D eigenvalue weighted by molar-refractivity contribution is 7.90. The first kappa shape index (κ1) is 19.0. The Morgan fingerprint density at radius 2 is 2.00 bits per heavy atom. The standard InChI is InChI=1S/C19H19FN2O4S/c1-12-7-8-15(10-17(12)20)18-21-19(26-22-18)13(2)27(23,24)11-14-5-4-6-16(9-14)25-3/h4-10,13H,11H2,1-3H3. The van der Waals surface area contributed by atoms with Gasteiger partial charge in [-0.2, -0.15) is 4.98 Å². The van der Waals surface area contributed by atoms with Crippen molar-refractivity contribution in [1.29, 1.82) is 0 Å². The Hall–Kier alpha value is -2.74. The zero-order valence-corrected chi connectivity index (χ0v) is 16.0. The van der Waals surface area contributed by atoms with E-state index in [4.69, 9.17) is 9.26 Å². The van der Waals surface area contributed by atoms with Crippen LogP contribution >= 0.6 is 0 Å². The van der Waals surface area contributed by atoms with Crippen molar-refractivity contribution in [2.75, 3.05) is 7.11 Å². The van der Waals surface area contributed by atoms with E-state index in [2.05, 4.69) is 10.1 Å². The molecule has 3 rings (SSSR count). The Kier molecular flexibility index (Phi) is 5.27. The van der Waals surface area contributed by atoms with Crippen molar-refractivity contribution in [2.45, 2.75) is 24.9 Å². The number of aryl methyl sites for hydroxylation is 1. The molecule has 0 aliphatic carbocycles. The summed E-state index contributed by atoms with van der Waals surface area (Å²) in [6, 6.07) is 11.4. The number of hydrogen-bond donors (Lipinski definition) is 0. The van der Waals surface area contributed by atoms with Crippen LogP contribution in [0.4, 0.5) is 4.39 Å². The summed E-state index contributed by atoms with van der Waals surface area (Å²) in [6.45, 7) is 3.14. The van der Waals surface area contributed by atoms with Crippen LogP contribution in [-0.2, 0) is 15.6 Å². The minimum atomic E-state index is -3.60. The molecule has 8 heteroatoms. The van der Waals surface area contributed by atoms with Crippen molar-refractivity contribution in [3.8, 4) is 17.1 Å². The first-order chi connectivity index (χ1) is 12.8. The van der Waals surface area contributed by atoms with Gasteiger partial charge >= 0.3 is 0 Å². The Labute approximate surface area is 156 Å². The second kappa shape index (κ2) is 7.48. The van der Waals surface area contributed by atoms with E-state index in [-0.39, 0.29) is 17.5 Å². The van der Waals surface area contributed by atoms with Gasteiger partial charge in [0.05, 0.1) is 12.9 Å². The third-order valence-corrected chi connectivity index (χ3v) is 6.27. The number of halogens is 1. The number of rotatable bonds is 6. The normalized spacial score (nSPS) is 12.7. The lowest BCUT2D eigenvalue weighted by atomic mass is 10.1. The molecule has 0 saturated heterocycles. The lowest BCUT2D eigenvalue weighted by molar-refractivity contribution is 0.377. The quantitative estimate of drug-likeness (QED) is 0.635. The fraction of sp³-hybridized carbons (Fsp3) is 0.263. The van der Waals surface area contributed by atoms with Gasteiger partial charge in [0, 0.05) is 5.56 Å². The van der Waals surface area contributed by atoms with Gasteiger partial charge in [0.25, 0.3) is 0 Å². The van der Waals surface area contributed by atoms with Gasteiger partial charge in [0.15, 0.2) is 9.84 Å². The van der Waals surface area contributed by atoms with Crippen LogP contribution in [0.2, 0.25) is 0 Å². The summed E-state index contributed by atoms with van der Waals surface area (Å²) in [6.07, 6.45) is 0. The van der Waals surface area contributed by atoms with E-state index in [0.717, 1.165) is 0 Å². The molecule has 0 saturated carbocycles. The summed E-state index contributed by atoms with van der Waals surface area (Å²) in [7, 11) is -2.08. The summed E-state index contributed by atoms with van der Waals surface area (Å²) in [5.41, 5.74) is 1.52. The SMILES string of the molecule is COc1cccc(CS(=O)(=O)C(C)c2nc(-c3ccc(C)c(F)c3)no2)c1. The molecular formula is C19H19FN2O4S. The van der Waals surface area contributed by atoms with Crippen LogP contribution in [0.15, 0.2) is 47.0 Å². The van der Waals surface area contributed by atoms with Gasteiger partial charge in [0.2, 0.25) is 11.7 Å². The molecule has 0 amide bonds. The molecule has 1 aromatic heterocycles. The average Bonchev–Trinajstić information content (AvgIpc) is 3.13. The highest BCUT2D eigenvalue weighted by atomic mass is 32.2. The predicted molar refractivity (Wildman–Crippen MR) is 98.5 cm³/mol. The molecule has 0 aliphatic rings. The summed E-state index contributed by atoms with van der Waals surface area (Å²) in [5.74, 6) is 0.109. The first-order valence-electron chi connectivity index (χ1n) is 8.25.